The molecule has 2 radical (unpaired) electrons. The molecule has 0 aromatic heterocycles. The zero-order chi connectivity index (χ0) is 6.69. The van der Waals surface area contributed by atoms with Crippen LogP contribution in [0.1, 0.15) is 5.56 Å². The minimum absolute atomic E-state index is 0. The number of hydrogen-bond acceptors (Lipinski definition) is 0. The number of benzene rings is 1. The molecule has 10 heavy (non-hydrogen) atoms. The van der Waals surface area contributed by atoms with Crippen LogP contribution in [0.2, 0.25) is 5.02 Å². The van der Waals surface area contributed by atoms with Gasteiger partial charge in [-0.05, 0) is 11.6 Å². The van der Waals surface area contributed by atoms with Crippen molar-refractivity contribution in [3.05, 3.63) is 34.9 Å². The van der Waals surface area contributed by atoms with Crippen molar-refractivity contribution in [2.45, 2.75) is 5.88 Å². The van der Waals surface area contributed by atoms with Gasteiger partial charge >= 0.3 is 0 Å². The van der Waals surface area contributed by atoms with Crippen LogP contribution < -0.4 is 0 Å². The van der Waals surface area contributed by atoms with Gasteiger partial charge in [-0.25, -0.2) is 0 Å². The van der Waals surface area contributed by atoms with Crippen molar-refractivity contribution in [3.8, 4) is 0 Å². The maximum absolute atomic E-state index is 5.74. The molecule has 1 aromatic rings. The molecule has 0 spiro atoms. The van der Waals surface area contributed by atoms with E-state index >= 15 is 0 Å². The van der Waals surface area contributed by atoms with Gasteiger partial charge in [-0.15, -0.1) is 11.6 Å². The van der Waals surface area contributed by atoms with E-state index in [1.807, 2.05) is 24.3 Å². The van der Waals surface area contributed by atoms with Gasteiger partial charge in [0.15, 0.2) is 0 Å². The second-order valence-corrected chi connectivity index (χ2v) is 2.40. The van der Waals surface area contributed by atoms with E-state index in [2.05, 4.69) is 0 Å². The molecule has 0 aliphatic rings. The highest BCUT2D eigenvalue weighted by molar-refractivity contribution is 6.32. The number of alkyl halides is 1. The van der Waals surface area contributed by atoms with E-state index < -0.39 is 0 Å². The molecule has 0 aliphatic carbocycles. The summed E-state index contributed by atoms with van der Waals surface area (Å²) in [5.74, 6) is 0.486. The normalized spacial score (nSPS) is 8.60. The summed E-state index contributed by atoms with van der Waals surface area (Å²) in [4.78, 5) is 0. The molecule has 0 unspecified atom stereocenters. The highest BCUT2D eigenvalue weighted by atomic mass is 35.5. The van der Waals surface area contributed by atoms with Gasteiger partial charge in [-0.3, -0.25) is 0 Å². The Balaban J connectivity index is 0.000000810. The van der Waals surface area contributed by atoms with Crippen molar-refractivity contribution < 1.29 is 0 Å². The van der Waals surface area contributed by atoms with Gasteiger partial charge in [-0.1, -0.05) is 29.8 Å². The molecule has 0 amide bonds. The first-order chi connectivity index (χ1) is 4.34. The average molecular weight is 185 g/mol. The molecule has 1 aromatic carbocycles. The quantitative estimate of drug-likeness (QED) is 0.466. The average Bonchev–Trinajstić information content (AvgIpc) is 1.89. The maximum Gasteiger partial charge on any atom is 0.0488 e. The third-order valence-corrected chi connectivity index (χ3v) is 1.76. The molecule has 3 heteroatoms. The second kappa shape index (κ2) is 5.25. The molecule has 0 fully saturated rings. The van der Waals surface area contributed by atoms with Gasteiger partial charge in [0.2, 0.25) is 0 Å². The van der Waals surface area contributed by atoms with Crippen molar-refractivity contribution in [2.75, 3.05) is 0 Å². The van der Waals surface area contributed by atoms with E-state index in [1.165, 1.54) is 0 Å². The fourth-order valence-corrected chi connectivity index (χ4v) is 1.11. The van der Waals surface area contributed by atoms with E-state index in [9.17, 15) is 0 Å². The van der Waals surface area contributed by atoms with Gasteiger partial charge in [0.1, 0.15) is 0 Å². The van der Waals surface area contributed by atoms with Crippen molar-refractivity contribution in [3.63, 3.8) is 0 Å². The molecule has 0 bridgehead atoms. The lowest BCUT2D eigenvalue weighted by Crippen LogP contribution is -1.76. The van der Waals surface area contributed by atoms with Gasteiger partial charge < -0.3 is 0 Å². The summed E-state index contributed by atoms with van der Waals surface area (Å²) in [6.07, 6.45) is 0. The van der Waals surface area contributed by atoms with Crippen LogP contribution in [0.4, 0.5) is 0 Å². The zero-order valence-electron chi connectivity index (χ0n) is 5.48. The molecule has 50 valence electrons. The first-order valence-corrected chi connectivity index (χ1v) is 3.55. The van der Waals surface area contributed by atoms with E-state index in [0.29, 0.717) is 5.88 Å². The topological polar surface area (TPSA) is 0 Å². The van der Waals surface area contributed by atoms with Crippen LogP contribution in [0.5, 0.6) is 0 Å². The largest absolute Gasteiger partial charge is 0.121 e. The Morgan fingerprint density at radius 2 is 1.80 bits per heavy atom. The third-order valence-electron chi connectivity index (χ3n) is 1.10. The predicted molar refractivity (Wildman–Crippen MR) is 46.8 cm³/mol. The fourth-order valence-electron chi connectivity index (χ4n) is 0.607. The van der Waals surface area contributed by atoms with Crippen molar-refractivity contribution in [1.82, 2.24) is 0 Å². The lowest BCUT2D eigenvalue weighted by Gasteiger charge is -1.94. The highest BCUT2D eigenvalue weighted by Gasteiger charge is 1.93. The Bertz CT molecular complexity index is 201. The van der Waals surface area contributed by atoms with Crippen LogP contribution in [0.25, 0.3) is 0 Å². The van der Waals surface area contributed by atoms with Crippen molar-refractivity contribution >= 4 is 46.3 Å². The van der Waals surface area contributed by atoms with Crippen LogP contribution in [-0.2, 0) is 5.88 Å². The van der Waals surface area contributed by atoms with Crippen molar-refractivity contribution in [2.24, 2.45) is 0 Å². The number of hydrogen-bond donors (Lipinski definition) is 0. The third kappa shape index (κ3) is 2.66. The molecule has 0 atom stereocenters. The molecule has 0 heterocycles. The minimum Gasteiger partial charge on any atom is -0.121 e. The van der Waals surface area contributed by atoms with Crippen LogP contribution in [0.3, 0.4) is 0 Å². The molecular formula is C7H6Cl2Mg. The molecule has 0 saturated carbocycles. The molecule has 0 aliphatic heterocycles. The highest BCUT2D eigenvalue weighted by Crippen LogP contribution is 2.15. The standard InChI is InChI=1S/C7H6Cl2.Mg/c8-5-6-3-1-2-4-7(6)9;/h1-4H,5H2;. The molecule has 1 rings (SSSR count). The SMILES string of the molecule is ClCc1ccccc1Cl.[Mg]. The zero-order valence-corrected chi connectivity index (χ0v) is 8.41. The second-order valence-electron chi connectivity index (χ2n) is 1.73. The van der Waals surface area contributed by atoms with Crippen molar-refractivity contribution in [1.29, 1.82) is 0 Å². The Morgan fingerprint density at radius 3 is 2.20 bits per heavy atom. The monoisotopic (exact) mass is 184 g/mol. The van der Waals surface area contributed by atoms with E-state index in [0.717, 1.165) is 10.6 Å². The lowest BCUT2D eigenvalue weighted by atomic mass is 10.2. The Morgan fingerprint density at radius 1 is 1.20 bits per heavy atom. The van der Waals surface area contributed by atoms with Crippen LogP contribution in [-0.4, -0.2) is 23.1 Å². The minimum atomic E-state index is 0. The molecular weight excluding hydrogens is 179 g/mol. The number of halogens is 2. The Hall–Kier alpha value is 0.566. The summed E-state index contributed by atoms with van der Waals surface area (Å²) < 4.78 is 0. The molecule has 0 saturated heterocycles. The first kappa shape index (κ1) is 10.6. The summed E-state index contributed by atoms with van der Waals surface area (Å²) in [6, 6.07) is 7.55. The molecule has 0 nitrogen and oxygen atoms in total. The van der Waals surface area contributed by atoms with Gasteiger partial charge in [0.05, 0.1) is 0 Å². The van der Waals surface area contributed by atoms with Gasteiger partial charge in [0, 0.05) is 34.0 Å². The Labute approximate surface area is 86.7 Å². The van der Waals surface area contributed by atoms with E-state index in [-0.39, 0.29) is 23.1 Å². The summed E-state index contributed by atoms with van der Waals surface area (Å²) in [7, 11) is 0. The number of rotatable bonds is 1. The predicted octanol–water partition coefficient (Wildman–Crippen LogP) is 2.70. The first-order valence-electron chi connectivity index (χ1n) is 2.64. The van der Waals surface area contributed by atoms with Gasteiger partial charge in [-0.2, -0.15) is 0 Å². The van der Waals surface area contributed by atoms with E-state index in [4.69, 9.17) is 23.2 Å². The van der Waals surface area contributed by atoms with Crippen LogP contribution in [0.15, 0.2) is 24.3 Å². The fraction of sp³-hybridized carbons (Fsp3) is 0.143. The summed E-state index contributed by atoms with van der Waals surface area (Å²) in [6.45, 7) is 0. The smallest absolute Gasteiger partial charge is 0.0488 e. The summed E-state index contributed by atoms with van der Waals surface area (Å²) in [5.41, 5.74) is 0.987. The lowest BCUT2D eigenvalue weighted by molar-refractivity contribution is 1.40. The van der Waals surface area contributed by atoms with Gasteiger partial charge in [0.25, 0.3) is 0 Å². The summed E-state index contributed by atoms with van der Waals surface area (Å²) >= 11 is 11.3. The Kier molecular flexibility index (Phi) is 5.54. The van der Waals surface area contributed by atoms with Crippen LogP contribution in [0, 0.1) is 0 Å². The molecule has 0 N–H and O–H groups in total. The van der Waals surface area contributed by atoms with E-state index in [1.54, 1.807) is 0 Å². The van der Waals surface area contributed by atoms with Crippen LogP contribution >= 0.6 is 23.2 Å². The summed E-state index contributed by atoms with van der Waals surface area (Å²) in [5, 5.41) is 0.743. The maximum atomic E-state index is 5.74.